The molecule has 1 heterocycles. The zero-order valence-corrected chi connectivity index (χ0v) is 10.4. The Morgan fingerprint density at radius 1 is 1.25 bits per heavy atom. The van der Waals surface area contributed by atoms with Gasteiger partial charge in [-0.05, 0) is 24.6 Å². The minimum atomic E-state index is -4.57. The fraction of sp³-hybridized carbons (Fsp3) is 0.462. The fourth-order valence-electron chi connectivity index (χ4n) is 2.27. The lowest BCUT2D eigenvalue weighted by molar-refractivity contribution is -0.137. The van der Waals surface area contributed by atoms with E-state index >= 15 is 0 Å². The number of hydrogen-bond acceptors (Lipinski definition) is 2. The second kappa shape index (κ2) is 5.03. The van der Waals surface area contributed by atoms with Crippen LogP contribution in [0.2, 0.25) is 0 Å². The van der Waals surface area contributed by atoms with Crippen molar-refractivity contribution in [3.63, 3.8) is 0 Å². The first-order valence-corrected chi connectivity index (χ1v) is 6.02. The molecule has 0 unspecified atom stereocenters. The highest BCUT2D eigenvalue weighted by atomic mass is 19.4. The van der Waals surface area contributed by atoms with E-state index in [2.05, 4.69) is 0 Å². The second-order valence-electron chi connectivity index (χ2n) is 4.77. The van der Waals surface area contributed by atoms with Gasteiger partial charge in [-0.15, -0.1) is 0 Å². The summed E-state index contributed by atoms with van der Waals surface area (Å²) in [5, 5.41) is 0. The standard InChI is InChI=1S/C13H12F5NO/c14-12(15)4-1-5-19(8-12)11-6-10(13(16,17)18)3-2-9(11)7-20/h2-3,6-7H,1,4-5,8H2. The number of anilines is 1. The number of carbonyl (C=O) groups is 1. The fourth-order valence-corrected chi connectivity index (χ4v) is 2.27. The van der Waals surface area contributed by atoms with Crippen molar-refractivity contribution in [2.24, 2.45) is 0 Å². The SMILES string of the molecule is O=Cc1ccc(C(F)(F)F)cc1N1CCCC(F)(F)C1. The highest BCUT2D eigenvalue weighted by Crippen LogP contribution is 2.36. The molecule has 1 fully saturated rings. The number of alkyl halides is 5. The molecule has 2 nitrogen and oxygen atoms in total. The molecule has 110 valence electrons. The Hall–Kier alpha value is -1.66. The summed E-state index contributed by atoms with van der Waals surface area (Å²) in [6.45, 7) is -0.465. The Bertz CT molecular complexity index is 512. The summed E-state index contributed by atoms with van der Waals surface area (Å²) in [5.74, 6) is -2.95. The molecule has 0 saturated carbocycles. The van der Waals surface area contributed by atoms with Gasteiger partial charge < -0.3 is 4.90 Å². The van der Waals surface area contributed by atoms with Crippen LogP contribution < -0.4 is 4.90 Å². The van der Waals surface area contributed by atoms with Crippen molar-refractivity contribution in [3.8, 4) is 0 Å². The van der Waals surface area contributed by atoms with Crippen LogP contribution in [0.5, 0.6) is 0 Å². The zero-order chi connectivity index (χ0) is 15.0. The van der Waals surface area contributed by atoms with E-state index in [1.807, 2.05) is 0 Å². The molecule has 2 rings (SSSR count). The number of nitrogens with zero attached hydrogens (tertiary/aromatic N) is 1. The number of carbonyl (C=O) groups excluding carboxylic acids is 1. The first kappa shape index (κ1) is 14.7. The number of aldehydes is 1. The summed E-state index contributed by atoms with van der Waals surface area (Å²) < 4.78 is 64.7. The smallest absolute Gasteiger partial charge is 0.365 e. The van der Waals surface area contributed by atoms with E-state index in [1.165, 1.54) is 0 Å². The van der Waals surface area contributed by atoms with Crippen LogP contribution in [0.4, 0.5) is 27.6 Å². The normalized spacial score (nSPS) is 18.9. The van der Waals surface area contributed by atoms with Crippen molar-refractivity contribution in [3.05, 3.63) is 29.3 Å². The highest BCUT2D eigenvalue weighted by molar-refractivity contribution is 5.85. The number of benzene rings is 1. The van der Waals surface area contributed by atoms with E-state index in [0.29, 0.717) is 6.29 Å². The van der Waals surface area contributed by atoms with Gasteiger partial charge >= 0.3 is 6.18 Å². The predicted molar refractivity (Wildman–Crippen MR) is 63.2 cm³/mol. The van der Waals surface area contributed by atoms with Gasteiger partial charge in [-0.1, -0.05) is 0 Å². The van der Waals surface area contributed by atoms with Crippen LogP contribution in [0.1, 0.15) is 28.8 Å². The maximum atomic E-state index is 13.4. The molecule has 20 heavy (non-hydrogen) atoms. The van der Waals surface area contributed by atoms with Gasteiger partial charge in [0, 0.05) is 24.2 Å². The molecule has 0 atom stereocenters. The summed E-state index contributed by atoms with van der Waals surface area (Å²) in [6.07, 6.45) is -4.32. The van der Waals surface area contributed by atoms with Crippen LogP contribution >= 0.6 is 0 Å². The summed E-state index contributed by atoms with van der Waals surface area (Å²) in [5.41, 5.74) is -1.06. The van der Waals surface area contributed by atoms with Gasteiger partial charge in [-0.3, -0.25) is 4.79 Å². The first-order valence-electron chi connectivity index (χ1n) is 6.02. The van der Waals surface area contributed by atoms with Gasteiger partial charge in [0.25, 0.3) is 5.92 Å². The van der Waals surface area contributed by atoms with Gasteiger partial charge in [-0.2, -0.15) is 13.2 Å². The van der Waals surface area contributed by atoms with Crippen molar-refractivity contribution in [1.82, 2.24) is 0 Å². The van der Waals surface area contributed by atoms with Crippen LogP contribution in [-0.2, 0) is 6.18 Å². The number of rotatable bonds is 2. The third-order valence-electron chi connectivity index (χ3n) is 3.22. The third kappa shape index (κ3) is 3.08. The Labute approximate surface area is 112 Å². The Kier molecular flexibility index (Phi) is 3.71. The van der Waals surface area contributed by atoms with E-state index < -0.39 is 24.2 Å². The molecule has 1 aromatic rings. The van der Waals surface area contributed by atoms with Gasteiger partial charge in [0.2, 0.25) is 0 Å². The molecule has 0 spiro atoms. The van der Waals surface area contributed by atoms with Crippen LogP contribution in [0.15, 0.2) is 18.2 Å². The number of piperidine rings is 1. The Morgan fingerprint density at radius 2 is 1.95 bits per heavy atom. The molecular weight excluding hydrogens is 281 g/mol. The minimum Gasteiger partial charge on any atom is -0.365 e. The molecule has 0 aliphatic carbocycles. The average molecular weight is 293 g/mol. The predicted octanol–water partition coefficient (Wildman–Crippen LogP) is 3.75. The lowest BCUT2D eigenvalue weighted by Gasteiger charge is -2.35. The summed E-state index contributed by atoms with van der Waals surface area (Å²) in [6, 6.07) is 2.54. The Morgan fingerprint density at radius 3 is 2.50 bits per heavy atom. The summed E-state index contributed by atoms with van der Waals surface area (Å²) in [7, 11) is 0. The molecule has 0 aromatic heterocycles. The lowest BCUT2D eigenvalue weighted by Crippen LogP contribution is -2.43. The van der Waals surface area contributed by atoms with Gasteiger partial charge in [-0.25, -0.2) is 8.78 Å². The first-order chi connectivity index (χ1) is 9.23. The monoisotopic (exact) mass is 293 g/mol. The van der Waals surface area contributed by atoms with Crippen molar-refractivity contribution in [2.75, 3.05) is 18.0 Å². The van der Waals surface area contributed by atoms with Gasteiger partial charge in [0.1, 0.15) is 0 Å². The highest BCUT2D eigenvalue weighted by Gasteiger charge is 2.37. The van der Waals surface area contributed by atoms with Gasteiger partial charge in [0.15, 0.2) is 6.29 Å². The molecule has 0 bridgehead atoms. The van der Waals surface area contributed by atoms with E-state index in [9.17, 15) is 26.7 Å². The van der Waals surface area contributed by atoms with Crippen molar-refractivity contribution >= 4 is 12.0 Å². The Balaban J connectivity index is 2.40. The third-order valence-corrected chi connectivity index (χ3v) is 3.22. The van der Waals surface area contributed by atoms with Gasteiger partial charge in [0.05, 0.1) is 12.1 Å². The average Bonchev–Trinajstić information content (AvgIpc) is 2.35. The van der Waals surface area contributed by atoms with Crippen LogP contribution in [0, 0.1) is 0 Å². The molecule has 0 N–H and O–H groups in total. The van der Waals surface area contributed by atoms with E-state index in [4.69, 9.17) is 0 Å². The molecule has 7 heteroatoms. The minimum absolute atomic E-state index is 0.0179. The van der Waals surface area contributed by atoms with E-state index in [0.717, 1.165) is 23.1 Å². The molecule has 1 aromatic carbocycles. The van der Waals surface area contributed by atoms with Crippen molar-refractivity contribution < 1.29 is 26.7 Å². The van der Waals surface area contributed by atoms with Crippen LogP contribution in [0.3, 0.4) is 0 Å². The maximum absolute atomic E-state index is 13.4. The molecule has 1 aliphatic rings. The van der Waals surface area contributed by atoms with Crippen molar-refractivity contribution in [1.29, 1.82) is 0 Å². The molecular formula is C13H12F5NO. The largest absolute Gasteiger partial charge is 0.416 e. The van der Waals surface area contributed by atoms with Crippen LogP contribution in [0.25, 0.3) is 0 Å². The zero-order valence-electron chi connectivity index (χ0n) is 10.4. The van der Waals surface area contributed by atoms with Crippen LogP contribution in [-0.4, -0.2) is 25.3 Å². The van der Waals surface area contributed by atoms with Crippen molar-refractivity contribution in [2.45, 2.75) is 24.9 Å². The number of halogens is 5. The molecule has 0 amide bonds. The lowest BCUT2D eigenvalue weighted by atomic mass is 10.0. The molecule has 1 saturated heterocycles. The maximum Gasteiger partial charge on any atom is 0.416 e. The second-order valence-corrected chi connectivity index (χ2v) is 4.77. The summed E-state index contributed by atoms with van der Waals surface area (Å²) in [4.78, 5) is 12.0. The molecule has 0 radical (unpaired) electrons. The molecule has 1 aliphatic heterocycles. The summed E-state index contributed by atoms with van der Waals surface area (Å²) >= 11 is 0. The van der Waals surface area contributed by atoms with E-state index in [1.54, 1.807) is 0 Å². The number of hydrogen-bond donors (Lipinski definition) is 0. The topological polar surface area (TPSA) is 20.3 Å². The quantitative estimate of drug-likeness (QED) is 0.611. The van der Waals surface area contributed by atoms with E-state index in [-0.39, 0.29) is 30.6 Å².